The number of nitrogens with one attached hydrogen (secondary N) is 1. The zero-order valence-electron chi connectivity index (χ0n) is 15.3. The number of rotatable bonds is 6. The van der Waals surface area contributed by atoms with Gasteiger partial charge in [-0.05, 0) is 49.5 Å². The molecule has 0 aliphatic carbocycles. The predicted octanol–water partition coefficient (Wildman–Crippen LogP) is 3.93. The molecule has 5 nitrogen and oxygen atoms in total. The Morgan fingerprint density at radius 2 is 1.67 bits per heavy atom. The number of aromatic nitrogens is 2. The second kappa shape index (κ2) is 8.99. The summed E-state index contributed by atoms with van der Waals surface area (Å²) in [7, 11) is 0. The predicted molar refractivity (Wildman–Crippen MR) is 115 cm³/mol. The summed E-state index contributed by atoms with van der Waals surface area (Å²) in [4.78, 5) is 15.8. The molecule has 0 spiro atoms. The Kier molecular flexibility index (Phi) is 6.68. The van der Waals surface area contributed by atoms with Gasteiger partial charge in [0.05, 0.1) is 22.5 Å². The van der Waals surface area contributed by atoms with Gasteiger partial charge in [0.25, 0.3) is 0 Å². The number of hydrogen-bond acceptors (Lipinski definition) is 4. The van der Waals surface area contributed by atoms with Gasteiger partial charge < -0.3 is 14.0 Å². The van der Waals surface area contributed by atoms with E-state index in [0.29, 0.717) is 5.62 Å². The molecule has 3 heterocycles. The highest BCUT2D eigenvalue weighted by Crippen LogP contribution is 2.16. The Morgan fingerprint density at radius 1 is 0.963 bits per heavy atom. The molecule has 0 atom stereocenters. The molecule has 1 N–H and O–H groups in total. The number of ketones is 1. The summed E-state index contributed by atoms with van der Waals surface area (Å²) in [6.45, 7) is 4.28. The molecule has 1 saturated heterocycles. The van der Waals surface area contributed by atoms with E-state index in [1.165, 1.54) is 30.6 Å². The van der Waals surface area contributed by atoms with E-state index in [2.05, 4.69) is 11.0 Å². The van der Waals surface area contributed by atoms with E-state index in [9.17, 15) is 4.79 Å². The van der Waals surface area contributed by atoms with Crippen molar-refractivity contribution >= 4 is 45.1 Å². The maximum absolute atomic E-state index is 12.6. The Labute approximate surface area is 173 Å². The third kappa shape index (κ3) is 4.25. The third-order valence-electron chi connectivity index (χ3n) is 5.16. The highest BCUT2D eigenvalue weighted by molar-refractivity contribution is 8.93. The van der Waals surface area contributed by atoms with E-state index >= 15 is 0 Å². The standard InChI is InChI=1S/C20H24N4OS.BrH/c21-20-23(13-12-22-10-4-1-5-11-22)16-7-2-3-8-17(16)24(20)15-18(25)19-9-6-14-26-19;/h2-3,6-9,14,21H,1,4-5,10-13,15H2;1H. The van der Waals surface area contributed by atoms with Crippen molar-refractivity contribution in [2.75, 3.05) is 19.6 Å². The van der Waals surface area contributed by atoms with Gasteiger partial charge in [-0.2, -0.15) is 0 Å². The van der Waals surface area contributed by atoms with Crippen LogP contribution in [0, 0.1) is 5.41 Å². The van der Waals surface area contributed by atoms with Gasteiger partial charge in [-0.3, -0.25) is 10.2 Å². The fourth-order valence-corrected chi connectivity index (χ4v) is 4.42. The quantitative estimate of drug-likeness (QED) is 0.580. The summed E-state index contributed by atoms with van der Waals surface area (Å²) in [5.74, 6) is 0.0671. The zero-order valence-corrected chi connectivity index (χ0v) is 17.8. The van der Waals surface area contributed by atoms with Gasteiger partial charge in [0.1, 0.15) is 0 Å². The Bertz CT molecular complexity index is 954. The SMILES string of the molecule is Br.N=c1n(CCN2CCCCC2)c2ccccc2n1CC(=O)c1cccs1. The van der Waals surface area contributed by atoms with Gasteiger partial charge in [0.15, 0.2) is 5.78 Å². The number of piperidine rings is 1. The van der Waals surface area contributed by atoms with Crippen molar-refractivity contribution < 1.29 is 4.79 Å². The van der Waals surface area contributed by atoms with Crippen LogP contribution in [-0.2, 0) is 13.1 Å². The number of halogens is 1. The van der Waals surface area contributed by atoms with Crippen molar-refractivity contribution in [3.05, 3.63) is 52.3 Å². The lowest BCUT2D eigenvalue weighted by molar-refractivity contribution is 0.0975. The molecule has 1 fully saturated rings. The number of Topliss-reactive ketones (excluding diaryl/α,β-unsaturated/α-hetero) is 1. The van der Waals surface area contributed by atoms with E-state index in [0.717, 1.165) is 42.1 Å². The van der Waals surface area contributed by atoms with Crippen molar-refractivity contribution in [1.29, 1.82) is 5.41 Å². The minimum Gasteiger partial charge on any atom is -0.309 e. The topological polar surface area (TPSA) is 54.0 Å². The zero-order chi connectivity index (χ0) is 17.9. The molecule has 0 bridgehead atoms. The number of imidazole rings is 1. The number of carbonyl (C=O) groups is 1. The molecule has 1 aromatic carbocycles. The highest BCUT2D eigenvalue weighted by atomic mass is 79.9. The van der Waals surface area contributed by atoms with Crippen LogP contribution in [0.1, 0.15) is 28.9 Å². The Morgan fingerprint density at radius 3 is 2.33 bits per heavy atom. The van der Waals surface area contributed by atoms with Gasteiger partial charge in [-0.25, -0.2) is 0 Å². The molecule has 0 amide bonds. The lowest BCUT2D eigenvalue weighted by Gasteiger charge is -2.26. The van der Waals surface area contributed by atoms with E-state index < -0.39 is 0 Å². The molecule has 1 aliphatic rings. The molecule has 7 heteroatoms. The maximum Gasteiger partial charge on any atom is 0.203 e. The van der Waals surface area contributed by atoms with Crippen molar-refractivity contribution in [3.8, 4) is 0 Å². The van der Waals surface area contributed by atoms with Crippen LogP contribution in [0.2, 0.25) is 0 Å². The molecule has 0 unspecified atom stereocenters. The Balaban J connectivity index is 0.00000210. The number of likely N-dealkylation sites (tertiary alicyclic amines) is 1. The average molecular weight is 449 g/mol. The van der Waals surface area contributed by atoms with Crippen LogP contribution in [0.25, 0.3) is 11.0 Å². The summed E-state index contributed by atoms with van der Waals surface area (Å²) in [6, 6.07) is 11.8. The minimum absolute atomic E-state index is 0. The van der Waals surface area contributed by atoms with E-state index in [1.54, 1.807) is 0 Å². The minimum atomic E-state index is 0. The fraction of sp³-hybridized carbons (Fsp3) is 0.400. The van der Waals surface area contributed by atoms with Gasteiger partial charge in [-0.1, -0.05) is 24.6 Å². The molecule has 4 rings (SSSR count). The second-order valence-electron chi connectivity index (χ2n) is 6.85. The highest BCUT2D eigenvalue weighted by Gasteiger charge is 2.16. The van der Waals surface area contributed by atoms with Crippen molar-refractivity contribution in [2.45, 2.75) is 32.4 Å². The largest absolute Gasteiger partial charge is 0.309 e. The molecule has 2 aromatic heterocycles. The van der Waals surface area contributed by atoms with Crippen LogP contribution < -0.4 is 5.62 Å². The first-order valence-electron chi connectivity index (χ1n) is 9.26. The van der Waals surface area contributed by atoms with Gasteiger partial charge in [0, 0.05) is 13.1 Å². The van der Waals surface area contributed by atoms with Crippen molar-refractivity contribution in [3.63, 3.8) is 0 Å². The van der Waals surface area contributed by atoms with E-state index in [4.69, 9.17) is 5.41 Å². The van der Waals surface area contributed by atoms with Gasteiger partial charge in [0.2, 0.25) is 5.62 Å². The molecular weight excluding hydrogens is 424 g/mol. The Hall–Kier alpha value is -1.70. The van der Waals surface area contributed by atoms with Crippen LogP contribution in [-0.4, -0.2) is 39.5 Å². The number of nitrogens with zero attached hydrogens (tertiary/aromatic N) is 3. The van der Waals surface area contributed by atoms with E-state index in [-0.39, 0.29) is 29.3 Å². The first-order valence-corrected chi connectivity index (χ1v) is 10.1. The van der Waals surface area contributed by atoms with Crippen LogP contribution in [0.3, 0.4) is 0 Å². The number of benzene rings is 1. The molecule has 1 aliphatic heterocycles. The summed E-state index contributed by atoms with van der Waals surface area (Å²) in [6.07, 6.45) is 3.88. The normalized spacial score (nSPS) is 15.0. The van der Waals surface area contributed by atoms with Crippen molar-refractivity contribution in [1.82, 2.24) is 14.0 Å². The molecule has 0 saturated carbocycles. The number of hydrogen-bond donors (Lipinski definition) is 1. The summed E-state index contributed by atoms with van der Waals surface area (Å²) in [5, 5.41) is 10.6. The van der Waals surface area contributed by atoms with Crippen LogP contribution in [0.15, 0.2) is 41.8 Å². The number of fused-ring (bicyclic) bond motifs is 1. The summed E-state index contributed by atoms with van der Waals surface area (Å²) >= 11 is 1.46. The third-order valence-corrected chi connectivity index (χ3v) is 6.07. The van der Waals surface area contributed by atoms with Gasteiger partial charge >= 0.3 is 0 Å². The van der Waals surface area contributed by atoms with Crippen molar-refractivity contribution in [2.24, 2.45) is 0 Å². The molecule has 0 radical (unpaired) electrons. The first-order chi connectivity index (χ1) is 12.7. The molecule has 3 aromatic rings. The number of carbonyl (C=O) groups excluding carboxylic acids is 1. The monoisotopic (exact) mass is 448 g/mol. The summed E-state index contributed by atoms with van der Waals surface area (Å²) in [5.41, 5.74) is 2.41. The average Bonchev–Trinajstić information content (AvgIpc) is 3.29. The first kappa shape index (κ1) is 20.0. The van der Waals surface area contributed by atoms with Crippen LogP contribution >= 0.6 is 28.3 Å². The number of thiophene rings is 1. The lowest BCUT2D eigenvalue weighted by atomic mass is 10.1. The maximum atomic E-state index is 12.6. The van der Waals surface area contributed by atoms with E-state index in [1.807, 2.05) is 44.8 Å². The van der Waals surface area contributed by atoms with Crippen LogP contribution in [0.4, 0.5) is 0 Å². The number of para-hydroxylation sites is 2. The lowest BCUT2D eigenvalue weighted by Crippen LogP contribution is -2.35. The molecule has 144 valence electrons. The summed E-state index contributed by atoms with van der Waals surface area (Å²) < 4.78 is 3.89. The molecule has 27 heavy (non-hydrogen) atoms. The van der Waals surface area contributed by atoms with Gasteiger partial charge in [-0.15, -0.1) is 28.3 Å². The fourth-order valence-electron chi connectivity index (χ4n) is 3.76. The molecular formula is C20H25BrN4OS. The van der Waals surface area contributed by atoms with Crippen LogP contribution in [0.5, 0.6) is 0 Å². The second-order valence-corrected chi connectivity index (χ2v) is 7.80. The smallest absolute Gasteiger partial charge is 0.203 e.